The fourth-order valence-electron chi connectivity index (χ4n) is 1.83. The predicted octanol–water partition coefficient (Wildman–Crippen LogP) is 2.21. The van der Waals surface area contributed by atoms with E-state index in [1.807, 2.05) is 0 Å². The summed E-state index contributed by atoms with van der Waals surface area (Å²) in [6.45, 7) is 1.42. The fraction of sp³-hybridized carbons (Fsp3) is 1.00. The van der Waals surface area contributed by atoms with Crippen LogP contribution in [0.25, 0.3) is 0 Å². The van der Waals surface area contributed by atoms with Gasteiger partial charge in [-0.05, 0) is 25.7 Å². The van der Waals surface area contributed by atoms with Crippen molar-refractivity contribution >= 4 is 21.6 Å². The van der Waals surface area contributed by atoms with E-state index in [2.05, 4.69) is 0 Å². The molecule has 0 unspecified atom stereocenters. The molecule has 0 amide bonds. The second-order valence-corrected chi connectivity index (χ2v) is 6.49. The molecule has 0 radical (unpaired) electrons. The Morgan fingerprint density at radius 2 is 1.60 bits per heavy atom. The minimum absolute atomic E-state index is 0.264. The minimum Gasteiger partial charge on any atom is -0.212 e. The molecule has 0 aromatic rings. The Hall–Kier alpha value is 0.200. The van der Waals surface area contributed by atoms with Crippen molar-refractivity contribution < 1.29 is 8.42 Å². The lowest BCUT2D eigenvalue weighted by atomic mass is 10.2. The van der Waals surface area contributed by atoms with E-state index in [4.69, 9.17) is 11.6 Å². The van der Waals surface area contributed by atoms with Crippen LogP contribution in [0.5, 0.6) is 0 Å². The maximum absolute atomic E-state index is 11.9. The molecule has 3 nitrogen and oxygen atoms in total. The van der Waals surface area contributed by atoms with Gasteiger partial charge in [-0.1, -0.05) is 12.8 Å². The highest BCUT2D eigenvalue weighted by Crippen LogP contribution is 2.14. The van der Waals surface area contributed by atoms with Crippen LogP contribution in [-0.4, -0.2) is 37.4 Å². The Morgan fingerprint density at radius 3 is 2.13 bits per heavy atom. The molecule has 0 aromatic heterocycles. The number of hydrogen-bond acceptors (Lipinski definition) is 2. The van der Waals surface area contributed by atoms with Crippen molar-refractivity contribution in [2.45, 2.75) is 38.5 Å². The van der Waals surface area contributed by atoms with Gasteiger partial charge in [0.15, 0.2) is 0 Å². The van der Waals surface area contributed by atoms with Gasteiger partial charge in [-0.25, -0.2) is 12.7 Å². The Balaban J connectivity index is 2.43. The number of unbranched alkanes of at least 4 members (excludes halogenated alkanes) is 1. The topological polar surface area (TPSA) is 37.4 Å². The van der Waals surface area contributed by atoms with Gasteiger partial charge in [-0.3, -0.25) is 0 Å². The molecule has 0 aromatic carbocycles. The van der Waals surface area contributed by atoms with Gasteiger partial charge >= 0.3 is 0 Å². The van der Waals surface area contributed by atoms with E-state index in [0.29, 0.717) is 25.4 Å². The first-order valence-electron chi connectivity index (χ1n) is 5.70. The van der Waals surface area contributed by atoms with E-state index in [0.717, 1.165) is 32.1 Å². The van der Waals surface area contributed by atoms with Crippen LogP contribution in [0, 0.1) is 0 Å². The van der Waals surface area contributed by atoms with Crippen LogP contribution in [0.1, 0.15) is 38.5 Å². The van der Waals surface area contributed by atoms with E-state index in [9.17, 15) is 8.42 Å². The van der Waals surface area contributed by atoms with Gasteiger partial charge in [0.2, 0.25) is 10.0 Å². The molecule has 0 aliphatic carbocycles. The van der Waals surface area contributed by atoms with E-state index in [1.54, 1.807) is 4.31 Å². The SMILES string of the molecule is O=S(=O)(CCCCCl)N1CCCCCC1. The third-order valence-corrected chi connectivity index (χ3v) is 4.97. The van der Waals surface area contributed by atoms with Gasteiger partial charge < -0.3 is 0 Å². The molecule has 1 aliphatic heterocycles. The zero-order valence-electron chi connectivity index (χ0n) is 9.12. The fourth-order valence-corrected chi connectivity index (χ4v) is 3.66. The Morgan fingerprint density at radius 1 is 1.00 bits per heavy atom. The molecule has 1 fully saturated rings. The van der Waals surface area contributed by atoms with Crippen molar-refractivity contribution in [2.75, 3.05) is 24.7 Å². The van der Waals surface area contributed by atoms with Gasteiger partial charge in [0.1, 0.15) is 0 Å². The molecule has 0 saturated carbocycles. The van der Waals surface area contributed by atoms with E-state index < -0.39 is 10.0 Å². The van der Waals surface area contributed by atoms with Crippen molar-refractivity contribution in [1.29, 1.82) is 0 Å². The summed E-state index contributed by atoms with van der Waals surface area (Å²) in [6, 6.07) is 0. The molecule has 0 bridgehead atoms. The van der Waals surface area contributed by atoms with Crippen molar-refractivity contribution in [3.05, 3.63) is 0 Å². The summed E-state index contributed by atoms with van der Waals surface area (Å²) in [7, 11) is -3.00. The Kier molecular flexibility index (Phi) is 5.94. The summed E-state index contributed by atoms with van der Waals surface area (Å²) in [5, 5.41) is 0. The van der Waals surface area contributed by atoms with Gasteiger partial charge in [-0.2, -0.15) is 0 Å². The third kappa shape index (κ3) is 4.70. The molecule has 15 heavy (non-hydrogen) atoms. The molecule has 0 spiro atoms. The Labute approximate surface area is 97.8 Å². The van der Waals surface area contributed by atoms with E-state index in [-0.39, 0.29) is 5.75 Å². The molecular formula is C10H20ClNO2S. The molecule has 1 heterocycles. The van der Waals surface area contributed by atoms with Crippen molar-refractivity contribution in [3.8, 4) is 0 Å². The first kappa shape index (κ1) is 13.3. The highest BCUT2D eigenvalue weighted by molar-refractivity contribution is 7.89. The van der Waals surface area contributed by atoms with Gasteiger partial charge in [0.25, 0.3) is 0 Å². The highest BCUT2D eigenvalue weighted by Gasteiger charge is 2.21. The second-order valence-electron chi connectivity index (χ2n) is 4.03. The van der Waals surface area contributed by atoms with E-state index in [1.165, 1.54) is 0 Å². The number of halogens is 1. The summed E-state index contributed by atoms with van der Waals surface area (Å²) in [5.41, 5.74) is 0. The summed E-state index contributed by atoms with van der Waals surface area (Å²) >= 11 is 5.53. The minimum atomic E-state index is -3.00. The van der Waals surface area contributed by atoms with Crippen molar-refractivity contribution in [2.24, 2.45) is 0 Å². The third-order valence-electron chi connectivity index (χ3n) is 2.74. The summed E-state index contributed by atoms with van der Waals surface area (Å²) in [5.74, 6) is 0.815. The standard InChI is InChI=1S/C10H20ClNO2S/c11-7-3-6-10-15(13,14)12-8-4-1-2-5-9-12/h1-10H2. The molecule has 0 atom stereocenters. The number of sulfonamides is 1. The van der Waals surface area contributed by atoms with Crippen LogP contribution >= 0.6 is 11.6 Å². The maximum atomic E-state index is 11.9. The number of alkyl halides is 1. The normalized spacial score (nSPS) is 20.1. The van der Waals surface area contributed by atoms with Crippen LogP contribution in [0.2, 0.25) is 0 Å². The van der Waals surface area contributed by atoms with Crippen LogP contribution in [0.3, 0.4) is 0 Å². The lowest BCUT2D eigenvalue weighted by Gasteiger charge is -2.19. The van der Waals surface area contributed by atoms with Crippen LogP contribution < -0.4 is 0 Å². The van der Waals surface area contributed by atoms with Crippen molar-refractivity contribution in [3.63, 3.8) is 0 Å². The van der Waals surface area contributed by atoms with Crippen LogP contribution in [-0.2, 0) is 10.0 Å². The average Bonchev–Trinajstić information content (AvgIpc) is 2.46. The summed E-state index contributed by atoms with van der Waals surface area (Å²) in [4.78, 5) is 0. The molecular weight excluding hydrogens is 234 g/mol. The van der Waals surface area contributed by atoms with E-state index >= 15 is 0 Å². The molecule has 5 heteroatoms. The number of nitrogens with zero attached hydrogens (tertiary/aromatic N) is 1. The van der Waals surface area contributed by atoms with Crippen molar-refractivity contribution in [1.82, 2.24) is 4.31 Å². The lowest BCUT2D eigenvalue weighted by molar-refractivity contribution is 0.422. The maximum Gasteiger partial charge on any atom is 0.214 e. The smallest absolute Gasteiger partial charge is 0.212 e. The van der Waals surface area contributed by atoms with Crippen LogP contribution in [0.4, 0.5) is 0 Å². The number of rotatable bonds is 5. The summed E-state index contributed by atoms with van der Waals surface area (Å²) in [6.07, 6.45) is 5.81. The first-order valence-corrected chi connectivity index (χ1v) is 7.85. The predicted molar refractivity (Wildman–Crippen MR) is 63.8 cm³/mol. The van der Waals surface area contributed by atoms with Gasteiger partial charge in [0, 0.05) is 19.0 Å². The number of hydrogen-bond donors (Lipinski definition) is 0. The Bertz CT molecular complexity index is 259. The largest absolute Gasteiger partial charge is 0.214 e. The second kappa shape index (κ2) is 6.71. The monoisotopic (exact) mass is 253 g/mol. The molecule has 0 N–H and O–H groups in total. The quantitative estimate of drug-likeness (QED) is 0.557. The lowest BCUT2D eigenvalue weighted by Crippen LogP contribution is -2.33. The summed E-state index contributed by atoms with van der Waals surface area (Å²) < 4.78 is 25.5. The molecule has 1 rings (SSSR count). The zero-order valence-corrected chi connectivity index (χ0v) is 10.7. The van der Waals surface area contributed by atoms with Gasteiger partial charge in [-0.15, -0.1) is 11.6 Å². The highest BCUT2D eigenvalue weighted by atomic mass is 35.5. The molecule has 1 aliphatic rings. The molecule has 1 saturated heterocycles. The first-order chi connectivity index (χ1) is 7.17. The van der Waals surface area contributed by atoms with Crippen LogP contribution in [0.15, 0.2) is 0 Å². The zero-order chi connectivity index (χ0) is 11.1. The average molecular weight is 254 g/mol. The van der Waals surface area contributed by atoms with Gasteiger partial charge in [0.05, 0.1) is 5.75 Å². The molecule has 90 valence electrons.